The van der Waals surface area contributed by atoms with E-state index < -0.39 is 4.92 Å². The number of hydrogen-bond donors (Lipinski definition) is 0. The molecule has 172 valence electrons. The van der Waals surface area contributed by atoms with Crippen LogP contribution in [-0.4, -0.2) is 51.7 Å². The van der Waals surface area contributed by atoms with Gasteiger partial charge in [-0.25, -0.2) is 4.68 Å². The van der Waals surface area contributed by atoms with Crippen LogP contribution in [0, 0.1) is 10.1 Å². The minimum atomic E-state index is -0.437. The van der Waals surface area contributed by atoms with Crippen molar-refractivity contribution in [3.05, 3.63) is 93.8 Å². The third kappa shape index (κ3) is 4.13. The summed E-state index contributed by atoms with van der Waals surface area (Å²) in [5.74, 6) is 0.406. The standard InChI is InChI=1S/C24H20ClN5O4/c25-17-8-9-20(21(15-17)30(32)33)27-10-12-28(13-11-27)24(31)22-16-19(23-7-4-14-34-23)26-29(22)18-5-2-1-3-6-18/h1-9,14-16H,10-13H2. The molecule has 1 fully saturated rings. The molecule has 5 rings (SSSR count). The van der Waals surface area contributed by atoms with Gasteiger partial charge in [-0.15, -0.1) is 0 Å². The fourth-order valence-corrected chi connectivity index (χ4v) is 4.23. The molecule has 1 aliphatic rings. The molecule has 1 aliphatic heterocycles. The highest BCUT2D eigenvalue weighted by atomic mass is 35.5. The number of carbonyl (C=O) groups excluding carboxylic acids is 1. The lowest BCUT2D eigenvalue weighted by Crippen LogP contribution is -2.49. The Morgan fingerprint density at radius 3 is 2.44 bits per heavy atom. The lowest BCUT2D eigenvalue weighted by atomic mass is 10.2. The van der Waals surface area contributed by atoms with E-state index in [1.807, 2.05) is 35.2 Å². The molecule has 4 aromatic rings. The lowest BCUT2D eigenvalue weighted by molar-refractivity contribution is -0.384. The summed E-state index contributed by atoms with van der Waals surface area (Å²) in [5, 5.41) is 16.4. The zero-order valence-electron chi connectivity index (χ0n) is 18.0. The van der Waals surface area contributed by atoms with Crippen LogP contribution in [0.25, 0.3) is 17.1 Å². The normalized spacial score (nSPS) is 13.8. The largest absolute Gasteiger partial charge is 0.463 e. The number of benzene rings is 2. The zero-order valence-corrected chi connectivity index (χ0v) is 18.8. The molecule has 2 aromatic heterocycles. The average Bonchev–Trinajstić information content (AvgIpc) is 3.55. The number of halogens is 1. The van der Waals surface area contributed by atoms with E-state index in [1.54, 1.807) is 46.2 Å². The first-order valence-electron chi connectivity index (χ1n) is 10.7. The molecule has 0 unspecified atom stereocenters. The number of piperazine rings is 1. The van der Waals surface area contributed by atoms with Gasteiger partial charge in [-0.1, -0.05) is 29.8 Å². The van der Waals surface area contributed by atoms with E-state index in [4.69, 9.17) is 16.0 Å². The van der Waals surface area contributed by atoms with E-state index >= 15 is 0 Å². The van der Waals surface area contributed by atoms with Crippen molar-refractivity contribution in [3.63, 3.8) is 0 Å². The van der Waals surface area contributed by atoms with Crippen molar-refractivity contribution in [2.24, 2.45) is 0 Å². The molecule has 1 amide bonds. The van der Waals surface area contributed by atoms with Gasteiger partial charge in [0.05, 0.1) is 16.9 Å². The molecule has 3 heterocycles. The monoisotopic (exact) mass is 477 g/mol. The Labute approximate surface area is 199 Å². The molecule has 9 nitrogen and oxygen atoms in total. The Bertz CT molecular complexity index is 1330. The average molecular weight is 478 g/mol. The van der Waals surface area contributed by atoms with Crippen LogP contribution in [0.15, 0.2) is 77.4 Å². The molecule has 2 aromatic carbocycles. The van der Waals surface area contributed by atoms with E-state index in [0.29, 0.717) is 54.0 Å². The Hall–Kier alpha value is -4.11. The first-order chi connectivity index (χ1) is 16.5. The van der Waals surface area contributed by atoms with E-state index in [2.05, 4.69) is 5.10 Å². The van der Waals surface area contributed by atoms with Gasteiger partial charge >= 0.3 is 0 Å². The molecular formula is C24H20ClN5O4. The summed E-state index contributed by atoms with van der Waals surface area (Å²) < 4.78 is 7.10. The minimum absolute atomic E-state index is 0.0440. The number of nitrogens with zero attached hydrogens (tertiary/aromatic N) is 5. The second kappa shape index (κ2) is 9.03. The first kappa shape index (κ1) is 21.7. The zero-order chi connectivity index (χ0) is 23.7. The highest BCUT2D eigenvalue weighted by Crippen LogP contribution is 2.32. The number of para-hydroxylation sites is 1. The summed E-state index contributed by atoms with van der Waals surface area (Å²) in [4.78, 5) is 28.2. The number of nitro benzene ring substituents is 1. The fourth-order valence-electron chi connectivity index (χ4n) is 4.07. The van der Waals surface area contributed by atoms with E-state index in [1.165, 1.54) is 6.07 Å². The third-order valence-electron chi connectivity index (χ3n) is 5.74. The number of anilines is 1. The van der Waals surface area contributed by atoms with Crippen LogP contribution >= 0.6 is 11.6 Å². The first-order valence-corrected chi connectivity index (χ1v) is 11.1. The summed E-state index contributed by atoms with van der Waals surface area (Å²) in [7, 11) is 0. The second-order valence-corrected chi connectivity index (χ2v) is 8.25. The Balaban J connectivity index is 1.40. The van der Waals surface area contributed by atoms with Crippen LogP contribution in [0.3, 0.4) is 0 Å². The highest BCUT2D eigenvalue weighted by molar-refractivity contribution is 6.30. The molecule has 0 aliphatic carbocycles. The quantitative estimate of drug-likeness (QED) is 0.306. The highest BCUT2D eigenvalue weighted by Gasteiger charge is 2.29. The predicted molar refractivity (Wildman–Crippen MR) is 127 cm³/mol. The van der Waals surface area contributed by atoms with Crippen LogP contribution in [0.1, 0.15) is 10.5 Å². The maximum atomic E-state index is 13.5. The van der Waals surface area contributed by atoms with Crippen LogP contribution in [0.4, 0.5) is 11.4 Å². The summed E-state index contributed by atoms with van der Waals surface area (Å²) in [6, 6.07) is 19.4. The molecule has 10 heteroatoms. The molecule has 34 heavy (non-hydrogen) atoms. The van der Waals surface area contributed by atoms with E-state index in [9.17, 15) is 14.9 Å². The smallest absolute Gasteiger partial charge is 0.294 e. The topological polar surface area (TPSA) is 97.7 Å². The fraction of sp³-hybridized carbons (Fsp3) is 0.167. The SMILES string of the molecule is O=C(c1cc(-c2ccco2)nn1-c1ccccc1)N1CCN(c2ccc(Cl)cc2[N+](=O)[O-])CC1. The number of amides is 1. The van der Waals surface area contributed by atoms with Crippen molar-refractivity contribution >= 4 is 28.9 Å². The van der Waals surface area contributed by atoms with Crippen molar-refractivity contribution in [1.29, 1.82) is 0 Å². The summed E-state index contributed by atoms with van der Waals surface area (Å²) in [6.45, 7) is 1.74. The number of nitro groups is 1. The summed E-state index contributed by atoms with van der Waals surface area (Å²) in [5.41, 5.74) is 2.20. The summed E-state index contributed by atoms with van der Waals surface area (Å²) in [6.07, 6.45) is 1.56. The van der Waals surface area contributed by atoms with Crippen molar-refractivity contribution in [2.45, 2.75) is 0 Å². The molecule has 0 atom stereocenters. The van der Waals surface area contributed by atoms with Gasteiger partial charge in [0.1, 0.15) is 17.1 Å². The van der Waals surface area contributed by atoms with Gasteiger partial charge in [0.25, 0.3) is 11.6 Å². The van der Waals surface area contributed by atoms with Crippen LogP contribution < -0.4 is 4.90 Å². The number of rotatable bonds is 5. The summed E-state index contributed by atoms with van der Waals surface area (Å²) >= 11 is 5.95. The molecular weight excluding hydrogens is 458 g/mol. The Kier molecular flexibility index (Phi) is 5.77. The van der Waals surface area contributed by atoms with Crippen molar-refractivity contribution in [3.8, 4) is 17.1 Å². The number of hydrogen-bond acceptors (Lipinski definition) is 6. The molecule has 1 saturated heterocycles. The third-order valence-corrected chi connectivity index (χ3v) is 5.98. The second-order valence-electron chi connectivity index (χ2n) is 7.81. The van der Waals surface area contributed by atoms with Gasteiger partial charge < -0.3 is 14.2 Å². The maximum Gasteiger partial charge on any atom is 0.294 e. The molecule has 0 bridgehead atoms. The molecule has 0 saturated carbocycles. The van der Waals surface area contributed by atoms with E-state index in [-0.39, 0.29) is 11.6 Å². The van der Waals surface area contributed by atoms with Gasteiger partial charge in [-0.3, -0.25) is 14.9 Å². The number of aromatic nitrogens is 2. The Morgan fingerprint density at radius 2 is 1.76 bits per heavy atom. The number of carbonyl (C=O) groups is 1. The molecule has 0 spiro atoms. The van der Waals surface area contributed by atoms with Gasteiger partial charge in [-0.05, 0) is 36.4 Å². The van der Waals surface area contributed by atoms with E-state index in [0.717, 1.165) is 5.69 Å². The number of furan rings is 1. The van der Waals surface area contributed by atoms with Crippen molar-refractivity contribution in [1.82, 2.24) is 14.7 Å². The minimum Gasteiger partial charge on any atom is -0.463 e. The lowest BCUT2D eigenvalue weighted by Gasteiger charge is -2.35. The van der Waals surface area contributed by atoms with Gasteiger partial charge in [0.2, 0.25) is 0 Å². The van der Waals surface area contributed by atoms with Gasteiger partial charge in [0.15, 0.2) is 5.76 Å². The van der Waals surface area contributed by atoms with Crippen LogP contribution in [0.2, 0.25) is 5.02 Å². The van der Waals surface area contributed by atoms with Crippen molar-refractivity contribution in [2.75, 3.05) is 31.1 Å². The van der Waals surface area contributed by atoms with Crippen molar-refractivity contribution < 1.29 is 14.1 Å². The van der Waals surface area contributed by atoms with Gasteiger partial charge in [-0.2, -0.15) is 5.10 Å². The van der Waals surface area contributed by atoms with Gasteiger partial charge in [0, 0.05) is 43.3 Å². The maximum absolute atomic E-state index is 13.5. The molecule has 0 radical (unpaired) electrons. The van der Waals surface area contributed by atoms with Crippen LogP contribution in [0.5, 0.6) is 0 Å². The Morgan fingerprint density at radius 1 is 1.00 bits per heavy atom. The van der Waals surface area contributed by atoms with Crippen LogP contribution in [-0.2, 0) is 0 Å². The predicted octanol–water partition coefficient (Wildman–Crippen LogP) is 4.66. The molecule has 0 N–H and O–H groups in total.